The second-order valence-corrected chi connectivity index (χ2v) is 4.01. The molecule has 0 radical (unpaired) electrons. The molecule has 0 aromatic rings. The van der Waals surface area contributed by atoms with Crippen LogP contribution in [0.5, 0.6) is 0 Å². The smallest absolute Gasteiger partial charge is 0.00991 e. The molecule has 1 N–H and O–H groups in total. The van der Waals surface area contributed by atoms with Crippen molar-refractivity contribution in [1.29, 1.82) is 0 Å². The van der Waals surface area contributed by atoms with Crippen molar-refractivity contribution >= 4 is 0 Å². The van der Waals surface area contributed by atoms with Crippen molar-refractivity contribution in [2.24, 2.45) is 5.92 Å². The standard InChI is InChI=1S/C12H21N/c1-3-5-6-7-8-11-10-12(11)13-9-4-2/h1,11-13H,4-10H2,2H3. The van der Waals surface area contributed by atoms with Crippen LogP contribution in [-0.2, 0) is 0 Å². The molecule has 2 atom stereocenters. The van der Waals surface area contributed by atoms with Gasteiger partial charge in [-0.15, -0.1) is 12.3 Å². The van der Waals surface area contributed by atoms with E-state index in [1.807, 2.05) is 0 Å². The van der Waals surface area contributed by atoms with Crippen molar-refractivity contribution < 1.29 is 0 Å². The predicted octanol–water partition coefficient (Wildman–Crippen LogP) is 2.57. The van der Waals surface area contributed by atoms with Crippen LogP contribution in [0.25, 0.3) is 0 Å². The maximum absolute atomic E-state index is 5.19. The molecule has 1 saturated carbocycles. The van der Waals surface area contributed by atoms with Gasteiger partial charge in [0.25, 0.3) is 0 Å². The quantitative estimate of drug-likeness (QED) is 0.468. The van der Waals surface area contributed by atoms with E-state index < -0.39 is 0 Å². The van der Waals surface area contributed by atoms with E-state index >= 15 is 0 Å². The minimum Gasteiger partial charge on any atom is -0.314 e. The molecule has 1 fully saturated rings. The van der Waals surface area contributed by atoms with Gasteiger partial charge in [-0.3, -0.25) is 0 Å². The molecular formula is C12H21N. The van der Waals surface area contributed by atoms with Crippen LogP contribution in [-0.4, -0.2) is 12.6 Å². The molecule has 0 heterocycles. The van der Waals surface area contributed by atoms with Crippen LogP contribution >= 0.6 is 0 Å². The van der Waals surface area contributed by atoms with Crippen molar-refractivity contribution in [3.63, 3.8) is 0 Å². The largest absolute Gasteiger partial charge is 0.314 e. The molecule has 0 aromatic carbocycles. The van der Waals surface area contributed by atoms with E-state index in [4.69, 9.17) is 6.42 Å². The maximum Gasteiger partial charge on any atom is 0.00991 e. The predicted molar refractivity (Wildman–Crippen MR) is 57.5 cm³/mol. The lowest BCUT2D eigenvalue weighted by molar-refractivity contribution is 0.572. The number of nitrogens with one attached hydrogen (secondary N) is 1. The molecule has 0 saturated heterocycles. The highest BCUT2D eigenvalue weighted by Crippen LogP contribution is 2.35. The van der Waals surface area contributed by atoms with Gasteiger partial charge in [-0.2, -0.15) is 0 Å². The average Bonchev–Trinajstić information content (AvgIpc) is 2.88. The summed E-state index contributed by atoms with van der Waals surface area (Å²) in [6.45, 7) is 3.41. The normalized spacial score (nSPS) is 25.5. The number of terminal acetylenes is 1. The summed E-state index contributed by atoms with van der Waals surface area (Å²) in [4.78, 5) is 0. The highest BCUT2D eigenvalue weighted by Gasteiger charge is 2.35. The SMILES string of the molecule is C#CCCCCC1CC1NCCC. The molecule has 0 bridgehead atoms. The number of rotatable bonds is 7. The fourth-order valence-corrected chi connectivity index (χ4v) is 1.78. The van der Waals surface area contributed by atoms with E-state index in [0.29, 0.717) is 0 Å². The van der Waals surface area contributed by atoms with Crippen molar-refractivity contribution in [2.45, 2.75) is 51.5 Å². The Balaban J connectivity index is 1.87. The van der Waals surface area contributed by atoms with Crippen LogP contribution < -0.4 is 5.32 Å². The molecule has 1 aliphatic carbocycles. The van der Waals surface area contributed by atoms with Gasteiger partial charge in [0.2, 0.25) is 0 Å². The van der Waals surface area contributed by atoms with Crippen molar-refractivity contribution in [1.82, 2.24) is 5.32 Å². The summed E-state index contributed by atoms with van der Waals surface area (Å²) in [5, 5.41) is 3.56. The molecule has 0 amide bonds. The number of unbranched alkanes of at least 4 members (excludes halogenated alkanes) is 2. The molecule has 1 nitrogen and oxygen atoms in total. The Morgan fingerprint density at radius 1 is 1.46 bits per heavy atom. The zero-order chi connectivity index (χ0) is 9.52. The van der Waals surface area contributed by atoms with Gasteiger partial charge in [0.15, 0.2) is 0 Å². The van der Waals surface area contributed by atoms with Crippen molar-refractivity contribution in [3.05, 3.63) is 0 Å². The van der Waals surface area contributed by atoms with Crippen molar-refractivity contribution in [2.75, 3.05) is 6.54 Å². The summed E-state index contributed by atoms with van der Waals surface area (Å²) in [5.74, 6) is 3.65. The molecule has 1 aliphatic rings. The Morgan fingerprint density at radius 2 is 2.31 bits per heavy atom. The fraction of sp³-hybridized carbons (Fsp3) is 0.833. The van der Waals surface area contributed by atoms with Gasteiger partial charge >= 0.3 is 0 Å². The lowest BCUT2D eigenvalue weighted by Crippen LogP contribution is -2.18. The third-order valence-corrected chi connectivity index (χ3v) is 2.73. The Labute approximate surface area is 82.3 Å². The Hall–Kier alpha value is -0.480. The first-order chi connectivity index (χ1) is 6.38. The molecule has 1 heteroatoms. The third kappa shape index (κ3) is 4.33. The van der Waals surface area contributed by atoms with E-state index in [2.05, 4.69) is 18.2 Å². The Kier molecular flexibility index (Phi) is 4.93. The maximum atomic E-state index is 5.19. The summed E-state index contributed by atoms with van der Waals surface area (Å²) in [6, 6.07) is 0.839. The molecule has 0 aliphatic heterocycles. The first kappa shape index (κ1) is 10.6. The van der Waals surface area contributed by atoms with E-state index in [9.17, 15) is 0 Å². The van der Waals surface area contributed by atoms with Gasteiger partial charge in [0.1, 0.15) is 0 Å². The van der Waals surface area contributed by atoms with Gasteiger partial charge in [-0.1, -0.05) is 13.3 Å². The summed E-state index contributed by atoms with van der Waals surface area (Å²) in [7, 11) is 0. The van der Waals surface area contributed by atoms with Gasteiger partial charge in [-0.25, -0.2) is 0 Å². The van der Waals surface area contributed by atoms with Crippen LogP contribution in [0.3, 0.4) is 0 Å². The first-order valence-electron chi connectivity index (χ1n) is 5.55. The zero-order valence-corrected chi connectivity index (χ0v) is 8.68. The second-order valence-electron chi connectivity index (χ2n) is 4.01. The van der Waals surface area contributed by atoms with Crippen LogP contribution in [0.15, 0.2) is 0 Å². The highest BCUT2D eigenvalue weighted by atomic mass is 15.0. The highest BCUT2D eigenvalue weighted by molar-refractivity contribution is 4.92. The third-order valence-electron chi connectivity index (χ3n) is 2.73. The van der Waals surface area contributed by atoms with E-state index in [1.165, 1.54) is 38.6 Å². The van der Waals surface area contributed by atoms with Gasteiger partial charge in [0, 0.05) is 12.5 Å². The molecular weight excluding hydrogens is 158 g/mol. The summed E-state index contributed by atoms with van der Waals surface area (Å²) < 4.78 is 0. The first-order valence-corrected chi connectivity index (χ1v) is 5.55. The molecule has 0 aromatic heterocycles. The summed E-state index contributed by atoms with van der Waals surface area (Å²) >= 11 is 0. The van der Waals surface area contributed by atoms with Crippen LogP contribution in [0, 0.1) is 18.3 Å². The van der Waals surface area contributed by atoms with E-state index in [0.717, 1.165) is 18.4 Å². The van der Waals surface area contributed by atoms with E-state index in [-0.39, 0.29) is 0 Å². The van der Waals surface area contributed by atoms with Gasteiger partial charge < -0.3 is 5.32 Å². The van der Waals surface area contributed by atoms with Crippen LogP contribution in [0.4, 0.5) is 0 Å². The van der Waals surface area contributed by atoms with Crippen LogP contribution in [0.2, 0.25) is 0 Å². The average molecular weight is 179 g/mol. The minimum absolute atomic E-state index is 0.839. The molecule has 74 valence electrons. The molecule has 2 unspecified atom stereocenters. The Bertz CT molecular complexity index is 168. The monoisotopic (exact) mass is 179 g/mol. The molecule has 0 spiro atoms. The molecule has 13 heavy (non-hydrogen) atoms. The second kappa shape index (κ2) is 6.05. The topological polar surface area (TPSA) is 12.0 Å². The van der Waals surface area contributed by atoms with Gasteiger partial charge in [-0.05, 0) is 38.1 Å². The Morgan fingerprint density at radius 3 is 3.00 bits per heavy atom. The summed E-state index contributed by atoms with van der Waals surface area (Å²) in [6.07, 6.45) is 12.7. The van der Waals surface area contributed by atoms with E-state index in [1.54, 1.807) is 0 Å². The van der Waals surface area contributed by atoms with Crippen LogP contribution in [0.1, 0.15) is 45.4 Å². The van der Waals surface area contributed by atoms with Crippen molar-refractivity contribution in [3.8, 4) is 12.3 Å². The number of hydrogen-bond donors (Lipinski definition) is 1. The summed E-state index contributed by atoms with van der Waals surface area (Å²) in [5.41, 5.74) is 0. The lowest BCUT2D eigenvalue weighted by atomic mass is 10.1. The minimum atomic E-state index is 0.839. The fourth-order valence-electron chi connectivity index (χ4n) is 1.78. The molecule has 1 rings (SSSR count). The zero-order valence-electron chi connectivity index (χ0n) is 8.68. The lowest BCUT2D eigenvalue weighted by Gasteiger charge is -2.00. The number of hydrogen-bond acceptors (Lipinski definition) is 1. The van der Waals surface area contributed by atoms with Gasteiger partial charge in [0.05, 0.1) is 0 Å².